The first-order valence-corrected chi connectivity index (χ1v) is 6.95. The lowest BCUT2D eigenvalue weighted by atomic mass is 9.99. The van der Waals surface area contributed by atoms with Crippen LogP contribution >= 0.6 is 0 Å². The van der Waals surface area contributed by atoms with Gasteiger partial charge in [0.15, 0.2) is 0 Å². The minimum Gasteiger partial charge on any atom is -0.368 e. The molecule has 3 N–H and O–H groups in total. The highest BCUT2D eigenvalue weighted by Gasteiger charge is 2.23. The van der Waals surface area contributed by atoms with Crippen molar-refractivity contribution in [3.05, 3.63) is 12.7 Å². The van der Waals surface area contributed by atoms with Crippen molar-refractivity contribution >= 4 is 11.9 Å². The number of hydrogen-bond donors (Lipinski definition) is 2. The summed E-state index contributed by atoms with van der Waals surface area (Å²) in [5, 5.41) is 7.34. The van der Waals surface area contributed by atoms with Crippen LogP contribution in [-0.4, -0.2) is 60.3 Å². The van der Waals surface area contributed by atoms with Gasteiger partial charge in [0, 0.05) is 18.6 Å². The average Bonchev–Trinajstić information content (AvgIpc) is 2.96. The van der Waals surface area contributed by atoms with Gasteiger partial charge in [-0.05, 0) is 26.8 Å². The summed E-state index contributed by atoms with van der Waals surface area (Å²) in [4.78, 5) is 18.8. The van der Waals surface area contributed by atoms with Crippen LogP contribution in [0.15, 0.2) is 12.7 Å². The molecule has 2 atom stereocenters. The number of nitrogens with zero attached hydrogens (tertiary/aromatic N) is 7. The van der Waals surface area contributed by atoms with E-state index >= 15 is 0 Å². The van der Waals surface area contributed by atoms with Crippen molar-refractivity contribution in [2.24, 2.45) is 0 Å². The Morgan fingerprint density at radius 3 is 2.90 bits per heavy atom. The van der Waals surface area contributed by atoms with Gasteiger partial charge in [0.05, 0.1) is 0 Å². The van der Waals surface area contributed by atoms with Gasteiger partial charge in [0.1, 0.15) is 12.7 Å². The highest BCUT2D eigenvalue weighted by atomic mass is 15.4. The summed E-state index contributed by atoms with van der Waals surface area (Å²) in [5.41, 5.74) is 5.75. The van der Waals surface area contributed by atoms with E-state index in [1.807, 2.05) is 0 Å². The molecule has 9 nitrogen and oxygen atoms in total. The fourth-order valence-corrected chi connectivity index (χ4v) is 2.46. The molecule has 2 aromatic heterocycles. The second kappa shape index (κ2) is 5.60. The van der Waals surface area contributed by atoms with Crippen LogP contribution in [0.5, 0.6) is 0 Å². The number of anilines is 2. The van der Waals surface area contributed by atoms with Crippen LogP contribution in [0.3, 0.4) is 0 Å². The zero-order chi connectivity index (χ0) is 14.8. The zero-order valence-electron chi connectivity index (χ0n) is 12.1. The number of piperidine rings is 1. The predicted octanol–water partition coefficient (Wildman–Crippen LogP) is -0.0709. The molecule has 1 aliphatic rings. The molecule has 0 radical (unpaired) electrons. The molecule has 9 heteroatoms. The fourth-order valence-electron chi connectivity index (χ4n) is 2.46. The Bertz CT molecular complexity index is 597. The molecule has 0 aromatic carbocycles. The van der Waals surface area contributed by atoms with E-state index < -0.39 is 0 Å². The van der Waals surface area contributed by atoms with Crippen LogP contribution in [0.2, 0.25) is 0 Å². The molecule has 0 saturated carbocycles. The van der Waals surface area contributed by atoms with Gasteiger partial charge in [-0.3, -0.25) is 0 Å². The second-order valence-corrected chi connectivity index (χ2v) is 5.35. The van der Waals surface area contributed by atoms with Crippen LogP contribution in [0.1, 0.15) is 19.8 Å². The molecule has 1 aliphatic heterocycles. The molecule has 0 aliphatic carbocycles. The van der Waals surface area contributed by atoms with E-state index in [2.05, 4.69) is 49.2 Å². The first kappa shape index (κ1) is 13.7. The van der Waals surface area contributed by atoms with Gasteiger partial charge in [-0.2, -0.15) is 24.7 Å². The summed E-state index contributed by atoms with van der Waals surface area (Å²) in [7, 11) is 2.14. The standard InChI is InChI=1S/C12H19N9/c1-8-5-9(3-4-20(8)2)16-11-17-10(13)18-12(19-11)21-7-14-6-15-21/h6-9H,3-5H2,1-2H3,(H3,13,16,17,18,19). The average molecular weight is 289 g/mol. The lowest BCUT2D eigenvalue weighted by molar-refractivity contribution is 0.190. The highest BCUT2D eigenvalue weighted by molar-refractivity contribution is 5.35. The van der Waals surface area contributed by atoms with Crippen LogP contribution in [-0.2, 0) is 0 Å². The van der Waals surface area contributed by atoms with E-state index in [9.17, 15) is 0 Å². The number of rotatable bonds is 3. The summed E-state index contributed by atoms with van der Waals surface area (Å²) >= 11 is 0. The number of likely N-dealkylation sites (tertiary alicyclic amines) is 1. The summed E-state index contributed by atoms with van der Waals surface area (Å²) in [6, 6.07) is 0.867. The lowest BCUT2D eigenvalue weighted by Crippen LogP contribution is -2.42. The topological polar surface area (TPSA) is 111 Å². The van der Waals surface area contributed by atoms with Crippen molar-refractivity contribution in [3.8, 4) is 5.95 Å². The third-order valence-corrected chi connectivity index (χ3v) is 3.81. The monoisotopic (exact) mass is 289 g/mol. The number of nitrogens with one attached hydrogen (secondary N) is 1. The van der Waals surface area contributed by atoms with E-state index in [1.165, 1.54) is 17.3 Å². The first-order chi connectivity index (χ1) is 10.1. The minimum atomic E-state index is 0.166. The Balaban J connectivity index is 1.77. The summed E-state index contributed by atoms with van der Waals surface area (Å²) in [6.45, 7) is 3.27. The van der Waals surface area contributed by atoms with Crippen LogP contribution < -0.4 is 11.1 Å². The Kier molecular flexibility index (Phi) is 3.65. The van der Waals surface area contributed by atoms with E-state index in [4.69, 9.17) is 5.73 Å². The fraction of sp³-hybridized carbons (Fsp3) is 0.583. The molecule has 0 spiro atoms. The summed E-state index contributed by atoms with van der Waals surface area (Å²) < 4.78 is 1.46. The Morgan fingerprint density at radius 2 is 2.19 bits per heavy atom. The Hall–Kier alpha value is -2.29. The number of nitrogen functional groups attached to an aromatic ring is 1. The molecule has 0 bridgehead atoms. The molecule has 1 fully saturated rings. The van der Waals surface area contributed by atoms with Crippen molar-refractivity contribution in [3.63, 3.8) is 0 Å². The predicted molar refractivity (Wildman–Crippen MR) is 77.9 cm³/mol. The van der Waals surface area contributed by atoms with E-state index in [0.717, 1.165) is 19.4 Å². The molecule has 112 valence electrons. The van der Waals surface area contributed by atoms with Gasteiger partial charge in [0.2, 0.25) is 11.9 Å². The van der Waals surface area contributed by atoms with Crippen molar-refractivity contribution in [2.45, 2.75) is 31.8 Å². The Morgan fingerprint density at radius 1 is 1.33 bits per heavy atom. The van der Waals surface area contributed by atoms with Crippen molar-refractivity contribution in [1.82, 2.24) is 34.6 Å². The zero-order valence-corrected chi connectivity index (χ0v) is 12.1. The van der Waals surface area contributed by atoms with Crippen molar-refractivity contribution < 1.29 is 0 Å². The van der Waals surface area contributed by atoms with E-state index in [0.29, 0.717) is 24.0 Å². The Labute approximate surface area is 122 Å². The van der Waals surface area contributed by atoms with Crippen LogP contribution in [0.4, 0.5) is 11.9 Å². The van der Waals surface area contributed by atoms with Gasteiger partial charge in [-0.15, -0.1) is 0 Å². The first-order valence-electron chi connectivity index (χ1n) is 6.95. The SMILES string of the molecule is CC1CC(Nc2nc(N)nc(-n3cncn3)n2)CCN1C. The maximum atomic E-state index is 5.75. The lowest BCUT2D eigenvalue weighted by Gasteiger charge is -2.35. The van der Waals surface area contributed by atoms with E-state index in [-0.39, 0.29) is 5.95 Å². The van der Waals surface area contributed by atoms with Gasteiger partial charge >= 0.3 is 0 Å². The molecular weight excluding hydrogens is 270 g/mol. The molecule has 21 heavy (non-hydrogen) atoms. The van der Waals surface area contributed by atoms with Crippen LogP contribution in [0, 0.1) is 0 Å². The summed E-state index contributed by atoms with van der Waals surface area (Å²) in [5.74, 6) is 1.01. The van der Waals surface area contributed by atoms with Gasteiger partial charge < -0.3 is 16.0 Å². The van der Waals surface area contributed by atoms with Gasteiger partial charge in [0.25, 0.3) is 5.95 Å². The molecule has 3 heterocycles. The van der Waals surface area contributed by atoms with E-state index in [1.54, 1.807) is 0 Å². The number of hydrogen-bond acceptors (Lipinski definition) is 8. The van der Waals surface area contributed by atoms with Crippen LogP contribution in [0.25, 0.3) is 5.95 Å². The molecule has 0 amide bonds. The number of nitrogens with two attached hydrogens (primary N) is 1. The molecule has 1 saturated heterocycles. The smallest absolute Gasteiger partial charge is 0.258 e. The van der Waals surface area contributed by atoms with Crippen molar-refractivity contribution in [1.29, 1.82) is 0 Å². The minimum absolute atomic E-state index is 0.166. The maximum Gasteiger partial charge on any atom is 0.258 e. The van der Waals surface area contributed by atoms with Gasteiger partial charge in [-0.1, -0.05) is 0 Å². The summed E-state index contributed by atoms with van der Waals surface area (Å²) in [6.07, 6.45) is 5.04. The molecule has 2 aromatic rings. The normalized spacial score (nSPS) is 23.1. The molecule has 2 unspecified atom stereocenters. The quantitative estimate of drug-likeness (QED) is 0.807. The van der Waals surface area contributed by atoms with Crippen molar-refractivity contribution in [2.75, 3.05) is 24.6 Å². The molecular formula is C12H19N9. The largest absolute Gasteiger partial charge is 0.368 e. The number of aromatic nitrogens is 6. The maximum absolute atomic E-state index is 5.75. The third kappa shape index (κ3) is 3.07. The highest BCUT2D eigenvalue weighted by Crippen LogP contribution is 2.18. The van der Waals surface area contributed by atoms with Gasteiger partial charge in [-0.25, -0.2) is 4.98 Å². The third-order valence-electron chi connectivity index (χ3n) is 3.81. The second-order valence-electron chi connectivity index (χ2n) is 5.35. The molecule has 3 rings (SSSR count).